The van der Waals surface area contributed by atoms with Crippen molar-refractivity contribution < 1.29 is 23.8 Å². The Morgan fingerprint density at radius 1 is 1.23 bits per heavy atom. The molecule has 0 spiro atoms. The fourth-order valence-electron chi connectivity index (χ4n) is 3.53. The highest BCUT2D eigenvalue weighted by molar-refractivity contribution is 14.0. The van der Waals surface area contributed by atoms with Gasteiger partial charge in [0.1, 0.15) is 16.9 Å². The lowest BCUT2D eigenvalue weighted by Gasteiger charge is -2.39. The van der Waals surface area contributed by atoms with Gasteiger partial charge in [-0.1, -0.05) is 6.07 Å². The summed E-state index contributed by atoms with van der Waals surface area (Å²) in [5, 5.41) is 3.36. The molecular weight excluding hydrogens is 515 g/mol. The van der Waals surface area contributed by atoms with E-state index in [0.29, 0.717) is 44.0 Å². The Kier molecular flexibility index (Phi) is 8.38. The highest BCUT2D eigenvalue weighted by Gasteiger charge is 2.36. The minimum atomic E-state index is -0.502. The Balaban J connectivity index is 0.00000341. The summed E-state index contributed by atoms with van der Waals surface area (Å²) < 4.78 is 15.6. The number of amides is 1. The second-order valence-corrected chi connectivity index (χ2v) is 8.32. The van der Waals surface area contributed by atoms with Crippen molar-refractivity contribution in [1.82, 2.24) is 15.1 Å². The topological polar surface area (TPSA) is 92.7 Å². The van der Waals surface area contributed by atoms with E-state index in [9.17, 15) is 9.59 Å². The van der Waals surface area contributed by atoms with Crippen LogP contribution in [-0.4, -0.2) is 79.9 Å². The average molecular weight is 546 g/mol. The van der Waals surface area contributed by atoms with Gasteiger partial charge in [-0.25, -0.2) is 9.59 Å². The molecule has 1 atom stereocenters. The fourth-order valence-corrected chi connectivity index (χ4v) is 3.53. The first-order chi connectivity index (χ1) is 14.2. The van der Waals surface area contributed by atoms with Crippen LogP contribution in [-0.2, 0) is 16.0 Å². The molecule has 10 heteroatoms. The number of nitrogens with zero attached hydrogens (tertiary/aromatic N) is 3. The number of piperazine rings is 1. The van der Waals surface area contributed by atoms with Gasteiger partial charge in [0.25, 0.3) is 0 Å². The second kappa shape index (κ2) is 10.4. The zero-order chi connectivity index (χ0) is 21.9. The Morgan fingerprint density at radius 3 is 2.61 bits per heavy atom. The van der Waals surface area contributed by atoms with E-state index in [1.54, 1.807) is 11.0 Å². The molecule has 1 unspecified atom stereocenters. The van der Waals surface area contributed by atoms with Gasteiger partial charge < -0.3 is 29.3 Å². The van der Waals surface area contributed by atoms with Gasteiger partial charge in [-0.2, -0.15) is 0 Å². The first-order valence-electron chi connectivity index (χ1n) is 10.00. The molecule has 9 nitrogen and oxygen atoms in total. The summed E-state index contributed by atoms with van der Waals surface area (Å²) in [5.41, 5.74) is 0.843. The predicted octanol–water partition coefficient (Wildman–Crippen LogP) is 2.48. The van der Waals surface area contributed by atoms with Crippen molar-refractivity contribution in [1.29, 1.82) is 0 Å². The van der Waals surface area contributed by atoms with E-state index in [0.717, 1.165) is 11.5 Å². The van der Waals surface area contributed by atoms with Crippen LogP contribution < -0.4 is 10.1 Å². The summed E-state index contributed by atoms with van der Waals surface area (Å²) >= 11 is 0. The van der Waals surface area contributed by atoms with Crippen LogP contribution >= 0.6 is 24.0 Å². The van der Waals surface area contributed by atoms with Crippen LogP contribution in [0.4, 0.5) is 4.79 Å². The molecule has 1 saturated heterocycles. The van der Waals surface area contributed by atoms with Gasteiger partial charge in [0.05, 0.1) is 26.8 Å². The van der Waals surface area contributed by atoms with Crippen LogP contribution in [0.2, 0.25) is 0 Å². The summed E-state index contributed by atoms with van der Waals surface area (Å²) in [4.78, 5) is 32.7. The molecule has 1 fully saturated rings. The Hall–Kier alpha value is -2.24. The van der Waals surface area contributed by atoms with Crippen LogP contribution in [0.25, 0.3) is 0 Å². The molecular formula is C21H31IN4O5. The minimum Gasteiger partial charge on any atom is -0.496 e. The number of hydrogen-bond acceptors (Lipinski definition) is 8. The molecule has 3 rings (SSSR count). The van der Waals surface area contributed by atoms with E-state index < -0.39 is 11.6 Å². The number of esters is 1. The average Bonchev–Trinajstić information content (AvgIpc) is 3.12. The van der Waals surface area contributed by atoms with E-state index in [2.05, 4.69) is 15.2 Å². The Bertz CT molecular complexity index is 840. The Morgan fingerprint density at radius 2 is 1.97 bits per heavy atom. The van der Waals surface area contributed by atoms with Crippen molar-refractivity contribution in [3.05, 3.63) is 29.3 Å². The second-order valence-electron chi connectivity index (χ2n) is 8.32. The third kappa shape index (κ3) is 6.14. The van der Waals surface area contributed by atoms with E-state index >= 15 is 0 Å². The van der Waals surface area contributed by atoms with Crippen LogP contribution in [0, 0.1) is 0 Å². The highest BCUT2D eigenvalue weighted by Crippen LogP contribution is 2.22. The van der Waals surface area contributed by atoms with Crippen LogP contribution in [0.1, 0.15) is 36.7 Å². The van der Waals surface area contributed by atoms with E-state index in [4.69, 9.17) is 14.2 Å². The first-order valence-corrected chi connectivity index (χ1v) is 10.00. The Labute approximate surface area is 200 Å². The van der Waals surface area contributed by atoms with Crippen molar-refractivity contribution in [2.24, 2.45) is 4.99 Å². The van der Waals surface area contributed by atoms with Crippen molar-refractivity contribution in [2.45, 2.75) is 39.0 Å². The monoisotopic (exact) mass is 546 g/mol. The molecule has 1 N–H and O–H groups in total. The molecule has 2 heterocycles. The SMILES string of the molecule is COC(=O)c1ccc(CNC2=NCC3CN(C(=O)OC(C)(C)C)CCN23)cc1OC.I. The normalized spacial score (nSPS) is 17.8. The summed E-state index contributed by atoms with van der Waals surface area (Å²) in [6, 6.07) is 5.51. The van der Waals surface area contributed by atoms with E-state index in [-0.39, 0.29) is 36.1 Å². The quantitative estimate of drug-likeness (QED) is 0.459. The van der Waals surface area contributed by atoms with E-state index in [1.165, 1.54) is 14.2 Å². The smallest absolute Gasteiger partial charge is 0.410 e. The van der Waals surface area contributed by atoms with Gasteiger partial charge >= 0.3 is 12.1 Å². The number of rotatable bonds is 4. The summed E-state index contributed by atoms with van der Waals surface area (Å²) in [6.07, 6.45) is -0.277. The molecule has 0 bridgehead atoms. The zero-order valence-electron chi connectivity index (χ0n) is 18.6. The number of halogens is 1. The zero-order valence-corrected chi connectivity index (χ0v) is 21.0. The minimum absolute atomic E-state index is 0. The highest BCUT2D eigenvalue weighted by atomic mass is 127. The predicted molar refractivity (Wildman–Crippen MR) is 127 cm³/mol. The summed E-state index contributed by atoms with van der Waals surface area (Å²) in [6.45, 7) is 8.65. The van der Waals surface area contributed by atoms with Crippen LogP contribution in [0.5, 0.6) is 5.75 Å². The number of nitrogens with one attached hydrogen (secondary N) is 1. The first kappa shape index (κ1) is 25.0. The number of fused-ring (bicyclic) bond motifs is 1. The maximum Gasteiger partial charge on any atom is 0.410 e. The van der Waals surface area contributed by atoms with Gasteiger partial charge in [0, 0.05) is 26.2 Å². The molecule has 0 aromatic heterocycles. The van der Waals surface area contributed by atoms with Crippen LogP contribution in [0.15, 0.2) is 23.2 Å². The van der Waals surface area contributed by atoms with Crippen molar-refractivity contribution in [3.63, 3.8) is 0 Å². The van der Waals surface area contributed by atoms with E-state index in [1.807, 2.05) is 32.9 Å². The van der Waals surface area contributed by atoms with Crippen molar-refractivity contribution in [2.75, 3.05) is 40.4 Å². The lowest BCUT2D eigenvalue weighted by atomic mass is 10.1. The number of carbonyl (C=O) groups is 2. The summed E-state index contributed by atoms with van der Waals surface area (Å²) in [7, 11) is 2.86. The van der Waals surface area contributed by atoms with Crippen LogP contribution in [0.3, 0.4) is 0 Å². The molecule has 0 aliphatic carbocycles. The molecule has 1 aromatic carbocycles. The molecule has 1 amide bonds. The number of aliphatic imine (C=N–C) groups is 1. The lowest BCUT2D eigenvalue weighted by Crippen LogP contribution is -2.57. The number of hydrogen-bond donors (Lipinski definition) is 1. The fraction of sp³-hybridized carbons (Fsp3) is 0.571. The van der Waals surface area contributed by atoms with Gasteiger partial charge in [0.2, 0.25) is 0 Å². The third-order valence-electron chi connectivity index (χ3n) is 4.98. The van der Waals surface area contributed by atoms with Gasteiger partial charge in [-0.3, -0.25) is 4.99 Å². The molecule has 0 radical (unpaired) electrons. The molecule has 31 heavy (non-hydrogen) atoms. The molecule has 2 aliphatic rings. The maximum absolute atomic E-state index is 12.3. The number of guanidine groups is 1. The number of benzene rings is 1. The van der Waals surface area contributed by atoms with Gasteiger partial charge in [-0.05, 0) is 38.5 Å². The van der Waals surface area contributed by atoms with Crippen molar-refractivity contribution in [3.8, 4) is 5.75 Å². The third-order valence-corrected chi connectivity index (χ3v) is 4.98. The van der Waals surface area contributed by atoms with Crippen molar-refractivity contribution >= 4 is 42.0 Å². The maximum atomic E-state index is 12.3. The standard InChI is InChI=1S/C21H30N4O5.HI/c1-21(2,3)30-20(27)24-8-9-25-15(13-24)12-23-19(25)22-11-14-6-7-16(18(26)29-5)17(10-14)28-4;/h6-7,10,15H,8-9,11-13H2,1-5H3,(H,22,23);1H. The lowest BCUT2D eigenvalue weighted by molar-refractivity contribution is 0.0137. The number of ether oxygens (including phenoxy) is 3. The molecule has 1 aromatic rings. The van der Waals surface area contributed by atoms with Gasteiger partial charge in [0.15, 0.2) is 5.96 Å². The number of methoxy groups -OCH3 is 2. The largest absolute Gasteiger partial charge is 0.496 e. The molecule has 2 aliphatic heterocycles. The molecule has 172 valence electrons. The van der Waals surface area contributed by atoms with Gasteiger partial charge in [-0.15, -0.1) is 24.0 Å². The molecule has 0 saturated carbocycles. The summed E-state index contributed by atoms with van der Waals surface area (Å²) in [5.74, 6) is 0.857. The number of carbonyl (C=O) groups excluding carboxylic acids is 2.